The number of nitrogens with one attached hydrogen (secondary N) is 1. The Balaban J connectivity index is 2.85. The highest BCUT2D eigenvalue weighted by Gasteiger charge is 2.61. The molecule has 1 rings (SSSR count). The Morgan fingerprint density at radius 3 is 2.40 bits per heavy atom. The molecule has 0 bridgehead atoms. The first kappa shape index (κ1) is 21.4. The summed E-state index contributed by atoms with van der Waals surface area (Å²) in [5.41, 5.74) is -0.890. The quantitative estimate of drug-likeness (QED) is 0.259. The highest BCUT2D eigenvalue weighted by molar-refractivity contribution is 5.85. The van der Waals surface area contributed by atoms with Gasteiger partial charge in [-0.2, -0.15) is 13.2 Å². The van der Waals surface area contributed by atoms with Crippen molar-refractivity contribution in [2.75, 3.05) is 0 Å². The highest BCUT2D eigenvalue weighted by atomic mass is 19.4. The van der Waals surface area contributed by atoms with Gasteiger partial charge in [-0.25, -0.2) is 5.84 Å². The third kappa shape index (κ3) is 6.30. The van der Waals surface area contributed by atoms with Gasteiger partial charge in [-0.1, -0.05) is 43.2 Å². The van der Waals surface area contributed by atoms with Crippen LogP contribution in [0, 0.1) is 0 Å². The van der Waals surface area contributed by atoms with E-state index >= 15 is 0 Å². The van der Waals surface area contributed by atoms with Crippen molar-refractivity contribution in [1.82, 2.24) is 5.43 Å². The molecule has 0 aliphatic carbocycles. The lowest BCUT2D eigenvalue weighted by Crippen LogP contribution is -2.60. The largest absolute Gasteiger partial charge is 0.426 e. The molecule has 1 aromatic rings. The van der Waals surface area contributed by atoms with Gasteiger partial charge >= 0.3 is 6.18 Å². The standard InChI is InChI=1S/C17H25F3N2O3/c1-13(23)8-4-3-7-11-16(15(24)22-21,17(18,19)20)25-12-14-9-5-2-6-10-14/h2,5-6,9-10,13,23H,3-4,7-8,11-12,21H2,1H3,(H,22,24)/t13?,16-/m1/s1. The van der Waals surface area contributed by atoms with E-state index in [1.807, 2.05) is 0 Å². The van der Waals surface area contributed by atoms with Crippen molar-refractivity contribution in [3.05, 3.63) is 35.9 Å². The van der Waals surface area contributed by atoms with Crippen LogP contribution in [-0.4, -0.2) is 28.9 Å². The number of alkyl halides is 3. The summed E-state index contributed by atoms with van der Waals surface area (Å²) in [6.07, 6.45) is -4.33. The Kier molecular flexibility index (Phi) is 8.34. The van der Waals surface area contributed by atoms with E-state index in [1.165, 1.54) is 0 Å². The minimum absolute atomic E-state index is 0.119. The van der Waals surface area contributed by atoms with Gasteiger partial charge in [0, 0.05) is 0 Å². The van der Waals surface area contributed by atoms with Crippen molar-refractivity contribution in [1.29, 1.82) is 0 Å². The molecule has 8 heteroatoms. The molecule has 0 aromatic heterocycles. The molecule has 0 aliphatic rings. The molecule has 142 valence electrons. The number of hydrogen-bond donors (Lipinski definition) is 3. The first-order valence-electron chi connectivity index (χ1n) is 8.16. The first-order valence-corrected chi connectivity index (χ1v) is 8.16. The topological polar surface area (TPSA) is 84.6 Å². The molecule has 0 spiro atoms. The van der Waals surface area contributed by atoms with Crippen LogP contribution in [0.25, 0.3) is 0 Å². The maximum absolute atomic E-state index is 13.7. The van der Waals surface area contributed by atoms with E-state index in [0.29, 0.717) is 24.8 Å². The van der Waals surface area contributed by atoms with E-state index in [9.17, 15) is 23.1 Å². The van der Waals surface area contributed by atoms with Gasteiger partial charge in [0.05, 0.1) is 12.7 Å². The van der Waals surface area contributed by atoms with Crippen LogP contribution < -0.4 is 11.3 Å². The van der Waals surface area contributed by atoms with E-state index in [-0.39, 0.29) is 13.0 Å². The van der Waals surface area contributed by atoms with Crippen molar-refractivity contribution in [2.45, 2.75) is 63.5 Å². The van der Waals surface area contributed by atoms with Crippen LogP contribution in [0.5, 0.6) is 0 Å². The second kappa shape index (κ2) is 9.74. The number of benzene rings is 1. The number of carbonyl (C=O) groups is 1. The lowest BCUT2D eigenvalue weighted by Gasteiger charge is -2.33. The van der Waals surface area contributed by atoms with Crippen molar-refractivity contribution in [3.8, 4) is 0 Å². The Morgan fingerprint density at radius 1 is 1.24 bits per heavy atom. The smallest absolute Gasteiger partial charge is 0.393 e. The zero-order valence-electron chi connectivity index (χ0n) is 14.2. The summed E-state index contributed by atoms with van der Waals surface area (Å²) in [4.78, 5) is 12.0. The van der Waals surface area contributed by atoms with Gasteiger partial charge < -0.3 is 9.84 Å². The van der Waals surface area contributed by atoms with Crippen molar-refractivity contribution < 1.29 is 27.8 Å². The Morgan fingerprint density at radius 2 is 1.88 bits per heavy atom. The minimum atomic E-state index is -4.91. The Labute approximate surface area is 145 Å². The first-order chi connectivity index (χ1) is 11.7. The predicted octanol–water partition coefficient (Wildman–Crippen LogP) is 2.83. The second-order valence-electron chi connectivity index (χ2n) is 6.02. The summed E-state index contributed by atoms with van der Waals surface area (Å²) in [5.74, 6) is 3.57. The zero-order chi connectivity index (χ0) is 18.9. The average molecular weight is 362 g/mol. The third-order valence-corrected chi connectivity index (χ3v) is 3.93. The van der Waals surface area contributed by atoms with Crippen LogP contribution in [0.1, 0.15) is 44.6 Å². The van der Waals surface area contributed by atoms with Crippen molar-refractivity contribution >= 4 is 5.91 Å². The molecule has 25 heavy (non-hydrogen) atoms. The molecule has 2 atom stereocenters. The fourth-order valence-electron chi connectivity index (χ4n) is 2.49. The Bertz CT molecular complexity index is 524. The SMILES string of the molecule is CC(O)CCCCC[C@@](OCc1ccccc1)(C(=O)NN)C(F)(F)F. The fraction of sp³-hybridized carbons (Fsp3) is 0.588. The monoisotopic (exact) mass is 362 g/mol. The number of hydrogen-bond acceptors (Lipinski definition) is 4. The number of amides is 1. The van der Waals surface area contributed by atoms with E-state index in [1.54, 1.807) is 42.7 Å². The van der Waals surface area contributed by atoms with Gasteiger partial charge in [0.25, 0.3) is 5.91 Å². The van der Waals surface area contributed by atoms with Crippen LogP contribution in [0.15, 0.2) is 30.3 Å². The number of halogens is 3. The summed E-state index contributed by atoms with van der Waals surface area (Å²) in [6, 6.07) is 8.31. The number of hydrazine groups is 1. The normalized spacial score (nSPS) is 15.4. The molecule has 0 radical (unpaired) electrons. The number of nitrogens with two attached hydrogens (primary N) is 1. The number of carbonyl (C=O) groups excluding carboxylic acids is 1. The van der Waals surface area contributed by atoms with Gasteiger partial charge in [-0.15, -0.1) is 0 Å². The number of aliphatic hydroxyl groups excluding tert-OH is 1. The van der Waals surface area contributed by atoms with Gasteiger partial charge in [0.1, 0.15) is 0 Å². The predicted molar refractivity (Wildman–Crippen MR) is 87.1 cm³/mol. The molecule has 1 aromatic carbocycles. The summed E-state index contributed by atoms with van der Waals surface area (Å²) < 4.78 is 46.1. The highest BCUT2D eigenvalue weighted by Crippen LogP contribution is 2.39. The van der Waals surface area contributed by atoms with Crippen LogP contribution in [0.2, 0.25) is 0 Å². The summed E-state index contributed by atoms with van der Waals surface area (Å²) in [5, 5.41) is 9.19. The van der Waals surface area contributed by atoms with Crippen molar-refractivity contribution in [3.63, 3.8) is 0 Å². The molecule has 0 fully saturated rings. The molecule has 5 nitrogen and oxygen atoms in total. The molecular formula is C17H25F3N2O3. The maximum atomic E-state index is 13.7. The molecule has 4 N–H and O–H groups in total. The molecule has 1 unspecified atom stereocenters. The summed E-state index contributed by atoms with van der Waals surface area (Å²) >= 11 is 0. The van der Waals surface area contributed by atoms with Gasteiger partial charge in [-0.3, -0.25) is 10.2 Å². The van der Waals surface area contributed by atoms with E-state index in [4.69, 9.17) is 10.6 Å². The maximum Gasteiger partial charge on any atom is 0.426 e. The molecule has 0 saturated heterocycles. The molecule has 0 heterocycles. The van der Waals surface area contributed by atoms with Crippen LogP contribution in [0.4, 0.5) is 13.2 Å². The van der Waals surface area contributed by atoms with E-state index < -0.39 is 30.2 Å². The third-order valence-electron chi connectivity index (χ3n) is 3.93. The molecular weight excluding hydrogens is 337 g/mol. The number of ether oxygens (including phenoxy) is 1. The molecule has 0 aliphatic heterocycles. The summed E-state index contributed by atoms with van der Waals surface area (Å²) in [6.45, 7) is 1.26. The van der Waals surface area contributed by atoms with E-state index in [2.05, 4.69) is 0 Å². The van der Waals surface area contributed by atoms with Crippen molar-refractivity contribution in [2.24, 2.45) is 5.84 Å². The van der Waals surface area contributed by atoms with Crippen LogP contribution in [-0.2, 0) is 16.1 Å². The lowest BCUT2D eigenvalue weighted by atomic mass is 9.93. The molecule has 0 saturated carbocycles. The van der Waals surface area contributed by atoms with Gasteiger partial charge in [0.15, 0.2) is 0 Å². The number of unbranched alkanes of at least 4 members (excludes halogenated alkanes) is 2. The summed E-state index contributed by atoms with van der Waals surface area (Å²) in [7, 11) is 0. The number of rotatable bonds is 10. The average Bonchev–Trinajstić information content (AvgIpc) is 2.56. The minimum Gasteiger partial charge on any atom is -0.393 e. The zero-order valence-corrected chi connectivity index (χ0v) is 14.2. The molecule has 1 amide bonds. The van der Waals surface area contributed by atoms with Gasteiger partial charge in [-0.05, 0) is 31.7 Å². The lowest BCUT2D eigenvalue weighted by molar-refractivity contribution is -0.273. The van der Waals surface area contributed by atoms with Crippen LogP contribution >= 0.6 is 0 Å². The Hall–Kier alpha value is -1.64. The van der Waals surface area contributed by atoms with Gasteiger partial charge in [0.2, 0.25) is 5.60 Å². The van der Waals surface area contributed by atoms with E-state index in [0.717, 1.165) is 0 Å². The number of aliphatic hydroxyl groups is 1. The fourth-order valence-corrected chi connectivity index (χ4v) is 2.49. The van der Waals surface area contributed by atoms with Crippen LogP contribution in [0.3, 0.4) is 0 Å². The second-order valence-corrected chi connectivity index (χ2v) is 6.02.